The van der Waals surface area contributed by atoms with Crippen LogP contribution in [0.25, 0.3) is 11.2 Å². The van der Waals surface area contributed by atoms with E-state index in [2.05, 4.69) is 32.1 Å². The van der Waals surface area contributed by atoms with Gasteiger partial charge in [-0.05, 0) is 44.4 Å². The molecule has 1 saturated heterocycles. The molecule has 0 bridgehead atoms. The third-order valence-electron chi connectivity index (χ3n) is 6.61. The zero-order valence-electron chi connectivity index (χ0n) is 17.1. The topological polar surface area (TPSA) is 75.9 Å². The second-order valence-electron chi connectivity index (χ2n) is 8.61. The number of hydrogen-bond donors (Lipinski definition) is 1. The second kappa shape index (κ2) is 8.45. The quantitative estimate of drug-likeness (QED) is 0.857. The van der Waals surface area contributed by atoms with E-state index < -0.39 is 0 Å². The molecule has 4 rings (SSSR count). The Bertz CT molecular complexity index is 804. The highest BCUT2D eigenvalue weighted by atomic mass is 16.1. The third-order valence-corrected chi connectivity index (χ3v) is 6.61. The molecule has 152 valence electrons. The number of anilines is 1. The molecule has 0 aromatic carbocycles. The van der Waals surface area contributed by atoms with Crippen molar-refractivity contribution in [3.63, 3.8) is 0 Å². The zero-order chi connectivity index (χ0) is 19.5. The van der Waals surface area contributed by atoms with Crippen molar-refractivity contribution >= 4 is 22.9 Å². The predicted octanol–water partition coefficient (Wildman–Crippen LogP) is 3.05. The molecule has 0 radical (unpaired) electrons. The van der Waals surface area contributed by atoms with Gasteiger partial charge >= 0.3 is 0 Å². The summed E-state index contributed by atoms with van der Waals surface area (Å²) in [4.78, 5) is 28.1. The third kappa shape index (κ3) is 4.13. The van der Waals surface area contributed by atoms with Crippen molar-refractivity contribution in [3.8, 4) is 0 Å². The fourth-order valence-electron chi connectivity index (χ4n) is 4.86. The zero-order valence-corrected chi connectivity index (χ0v) is 17.1. The molecule has 1 N–H and O–H groups in total. The Balaban J connectivity index is 1.30. The number of fused-ring (bicyclic) bond motifs is 1. The molecule has 3 heterocycles. The van der Waals surface area contributed by atoms with Crippen molar-refractivity contribution in [3.05, 3.63) is 12.7 Å². The summed E-state index contributed by atoms with van der Waals surface area (Å²) in [5, 5.41) is 3.29. The van der Waals surface area contributed by atoms with Crippen LogP contribution >= 0.6 is 0 Å². The average Bonchev–Trinajstić information content (AvgIpc) is 3.10. The molecule has 0 spiro atoms. The number of nitrogens with zero attached hydrogens (tertiary/aromatic N) is 5. The van der Waals surface area contributed by atoms with E-state index in [0.29, 0.717) is 18.3 Å². The Kier molecular flexibility index (Phi) is 5.78. The number of aryl methyl sites for hydroxylation is 1. The number of piperidine rings is 1. The van der Waals surface area contributed by atoms with Crippen LogP contribution in [0.4, 0.5) is 5.82 Å². The van der Waals surface area contributed by atoms with E-state index in [-0.39, 0.29) is 11.9 Å². The minimum Gasteiger partial charge on any atom is -0.355 e. The lowest BCUT2D eigenvalue weighted by molar-refractivity contribution is -0.123. The van der Waals surface area contributed by atoms with Gasteiger partial charge in [0.2, 0.25) is 5.91 Å². The molecule has 1 aliphatic heterocycles. The van der Waals surface area contributed by atoms with Crippen molar-refractivity contribution in [1.82, 2.24) is 24.8 Å². The van der Waals surface area contributed by atoms with Gasteiger partial charge in [0, 0.05) is 32.6 Å². The Hall–Kier alpha value is -2.18. The monoisotopic (exact) mass is 384 g/mol. The highest BCUT2D eigenvalue weighted by Gasteiger charge is 2.27. The van der Waals surface area contributed by atoms with Crippen molar-refractivity contribution < 1.29 is 4.79 Å². The minimum absolute atomic E-state index is 0.235. The van der Waals surface area contributed by atoms with E-state index in [4.69, 9.17) is 0 Å². The molecule has 2 aliphatic rings. The van der Waals surface area contributed by atoms with Crippen LogP contribution in [0, 0.1) is 11.8 Å². The number of imidazole rings is 1. The maximum atomic E-state index is 12.4. The first-order chi connectivity index (χ1) is 13.6. The summed E-state index contributed by atoms with van der Waals surface area (Å²) in [7, 11) is 1.95. The van der Waals surface area contributed by atoms with Crippen LogP contribution in [-0.2, 0) is 11.8 Å². The van der Waals surface area contributed by atoms with Crippen molar-refractivity contribution in [2.75, 3.05) is 18.0 Å². The van der Waals surface area contributed by atoms with Gasteiger partial charge in [-0.3, -0.25) is 4.79 Å². The highest BCUT2D eigenvalue weighted by Crippen LogP contribution is 2.29. The normalized spacial score (nSPS) is 20.4. The largest absolute Gasteiger partial charge is 0.355 e. The molecule has 1 atom stereocenters. The van der Waals surface area contributed by atoms with Crippen molar-refractivity contribution in [1.29, 1.82) is 0 Å². The van der Waals surface area contributed by atoms with Crippen LogP contribution < -0.4 is 10.2 Å². The van der Waals surface area contributed by atoms with Gasteiger partial charge in [0.15, 0.2) is 17.0 Å². The lowest BCUT2D eigenvalue weighted by Crippen LogP contribution is -2.44. The first kappa shape index (κ1) is 19.2. The van der Waals surface area contributed by atoms with Gasteiger partial charge in [0.05, 0.1) is 6.33 Å². The number of hydrogen-bond acceptors (Lipinski definition) is 5. The van der Waals surface area contributed by atoms with Gasteiger partial charge in [-0.25, -0.2) is 15.0 Å². The van der Waals surface area contributed by atoms with E-state index >= 15 is 0 Å². The molecule has 28 heavy (non-hydrogen) atoms. The first-order valence-electron chi connectivity index (χ1n) is 10.8. The number of nitrogens with one attached hydrogen (secondary N) is 1. The van der Waals surface area contributed by atoms with Gasteiger partial charge in [-0.2, -0.15) is 0 Å². The van der Waals surface area contributed by atoms with Crippen LogP contribution in [0.1, 0.15) is 58.3 Å². The number of aromatic nitrogens is 4. The number of rotatable bonds is 5. The van der Waals surface area contributed by atoms with Gasteiger partial charge in [0.1, 0.15) is 6.33 Å². The van der Waals surface area contributed by atoms with E-state index in [1.807, 2.05) is 11.6 Å². The van der Waals surface area contributed by atoms with Crippen molar-refractivity contribution in [2.24, 2.45) is 18.9 Å². The van der Waals surface area contributed by atoms with Crippen LogP contribution in [0.15, 0.2) is 12.7 Å². The standard InChI is InChI=1S/C21H32N6O/c1-15(25-18(28)12-16-6-4-3-5-7-16)17-8-10-27(11-9-17)21-19-20(22-13-23-21)26(2)14-24-19/h13-17H,3-12H2,1-2H3,(H,25,28)/t15-/m1/s1. The maximum Gasteiger partial charge on any atom is 0.220 e. The summed E-state index contributed by atoms with van der Waals surface area (Å²) >= 11 is 0. The number of carbonyl (C=O) groups excluding carboxylic acids is 1. The Morgan fingerprint density at radius 2 is 1.89 bits per heavy atom. The molecular weight excluding hydrogens is 352 g/mol. The molecule has 2 aromatic heterocycles. The number of carbonyl (C=O) groups is 1. The SMILES string of the molecule is C[C@@H](NC(=O)CC1CCCCC1)C1CCN(c2ncnc3c2ncn3C)CC1. The molecule has 7 nitrogen and oxygen atoms in total. The van der Waals surface area contributed by atoms with Gasteiger partial charge in [-0.15, -0.1) is 0 Å². The first-order valence-corrected chi connectivity index (χ1v) is 10.8. The Morgan fingerprint density at radius 1 is 1.14 bits per heavy atom. The van der Waals surface area contributed by atoms with Gasteiger partial charge in [0.25, 0.3) is 0 Å². The smallest absolute Gasteiger partial charge is 0.220 e. The van der Waals surface area contributed by atoms with Crippen LogP contribution in [0.2, 0.25) is 0 Å². The fraction of sp³-hybridized carbons (Fsp3) is 0.714. The summed E-state index contributed by atoms with van der Waals surface area (Å²) in [6, 6.07) is 0.235. The van der Waals surface area contributed by atoms with Crippen LogP contribution in [-0.4, -0.2) is 44.6 Å². The second-order valence-corrected chi connectivity index (χ2v) is 8.61. The Morgan fingerprint density at radius 3 is 2.64 bits per heavy atom. The lowest BCUT2D eigenvalue weighted by atomic mass is 9.86. The molecule has 1 saturated carbocycles. The summed E-state index contributed by atoms with van der Waals surface area (Å²) in [6.07, 6.45) is 12.6. The average molecular weight is 385 g/mol. The molecular formula is C21H32N6O. The highest BCUT2D eigenvalue weighted by molar-refractivity contribution is 5.83. The predicted molar refractivity (Wildman–Crippen MR) is 110 cm³/mol. The summed E-state index contributed by atoms with van der Waals surface area (Å²) < 4.78 is 1.93. The fourth-order valence-corrected chi connectivity index (χ4v) is 4.86. The summed E-state index contributed by atoms with van der Waals surface area (Å²) in [5.41, 5.74) is 1.74. The molecule has 1 amide bonds. The lowest BCUT2D eigenvalue weighted by Gasteiger charge is -2.36. The number of amides is 1. The van der Waals surface area contributed by atoms with Gasteiger partial charge < -0.3 is 14.8 Å². The molecule has 0 unspecified atom stereocenters. The maximum absolute atomic E-state index is 12.4. The molecule has 7 heteroatoms. The van der Waals surface area contributed by atoms with E-state index in [0.717, 1.165) is 42.9 Å². The summed E-state index contributed by atoms with van der Waals surface area (Å²) in [6.45, 7) is 4.05. The van der Waals surface area contributed by atoms with Crippen LogP contribution in [0.5, 0.6) is 0 Å². The van der Waals surface area contributed by atoms with Gasteiger partial charge in [-0.1, -0.05) is 19.3 Å². The molecule has 2 fully saturated rings. The summed E-state index contributed by atoms with van der Waals surface area (Å²) in [5.74, 6) is 2.29. The minimum atomic E-state index is 0.235. The Labute approximate surface area is 166 Å². The van der Waals surface area contributed by atoms with E-state index in [1.54, 1.807) is 12.7 Å². The molecule has 2 aromatic rings. The van der Waals surface area contributed by atoms with E-state index in [9.17, 15) is 4.79 Å². The van der Waals surface area contributed by atoms with Crippen molar-refractivity contribution in [2.45, 2.75) is 64.3 Å². The van der Waals surface area contributed by atoms with E-state index in [1.165, 1.54) is 32.1 Å². The van der Waals surface area contributed by atoms with Crippen LogP contribution in [0.3, 0.4) is 0 Å². The molecule has 1 aliphatic carbocycles.